The van der Waals surface area contributed by atoms with Gasteiger partial charge in [-0.15, -0.1) is 0 Å². The molecular formula is C14H17N3O5S. The summed E-state index contributed by atoms with van der Waals surface area (Å²) in [5.74, 6) is 0.900. The van der Waals surface area contributed by atoms with Crippen molar-refractivity contribution in [3.8, 4) is 0 Å². The number of anilines is 1. The van der Waals surface area contributed by atoms with E-state index in [9.17, 15) is 19.7 Å². The van der Waals surface area contributed by atoms with Crippen molar-refractivity contribution in [3.05, 3.63) is 33.9 Å². The standard InChI is InChI=1S/C14H17N3O5S/c1-22-14(19)9-4-10(6-12(5-9)17(20)21)16-13(18)7-11-8-23-3-2-15-11/h4-6,11,15H,2-3,7-8H2,1H3,(H,16,18). The largest absolute Gasteiger partial charge is 0.465 e. The fourth-order valence-electron chi connectivity index (χ4n) is 2.21. The van der Waals surface area contributed by atoms with Gasteiger partial charge in [-0.05, 0) is 6.07 Å². The van der Waals surface area contributed by atoms with Gasteiger partial charge in [0.25, 0.3) is 5.69 Å². The summed E-state index contributed by atoms with van der Waals surface area (Å²) >= 11 is 1.77. The van der Waals surface area contributed by atoms with E-state index in [0.717, 1.165) is 24.1 Å². The summed E-state index contributed by atoms with van der Waals surface area (Å²) in [5.41, 5.74) is -0.0639. The van der Waals surface area contributed by atoms with E-state index in [4.69, 9.17) is 0 Å². The molecule has 2 rings (SSSR count). The minimum absolute atomic E-state index is 0.0170. The summed E-state index contributed by atoms with van der Waals surface area (Å²) in [5, 5.41) is 16.8. The highest BCUT2D eigenvalue weighted by atomic mass is 32.2. The lowest BCUT2D eigenvalue weighted by Crippen LogP contribution is -2.39. The maximum absolute atomic E-state index is 12.1. The quantitative estimate of drug-likeness (QED) is 0.474. The van der Waals surface area contributed by atoms with Crippen LogP contribution in [0, 0.1) is 10.1 Å². The number of rotatable bonds is 5. The number of nitrogens with one attached hydrogen (secondary N) is 2. The average molecular weight is 339 g/mol. The molecule has 0 spiro atoms. The molecule has 124 valence electrons. The Hall–Kier alpha value is -2.13. The number of esters is 1. The molecule has 1 atom stereocenters. The normalized spacial score (nSPS) is 17.3. The number of nitrogens with zero attached hydrogens (tertiary/aromatic N) is 1. The number of methoxy groups -OCH3 is 1. The summed E-state index contributed by atoms with van der Waals surface area (Å²) in [7, 11) is 1.19. The SMILES string of the molecule is COC(=O)c1cc(NC(=O)CC2CSCCN2)cc([N+](=O)[O-])c1. The molecular weight excluding hydrogens is 322 g/mol. The first-order valence-corrected chi connectivity index (χ1v) is 8.14. The van der Waals surface area contributed by atoms with E-state index >= 15 is 0 Å². The molecule has 23 heavy (non-hydrogen) atoms. The van der Waals surface area contributed by atoms with E-state index in [0.29, 0.717) is 0 Å². The van der Waals surface area contributed by atoms with E-state index in [2.05, 4.69) is 15.4 Å². The molecule has 9 heteroatoms. The molecule has 1 fully saturated rings. The van der Waals surface area contributed by atoms with Gasteiger partial charge in [0.15, 0.2) is 0 Å². The minimum atomic E-state index is -0.699. The maximum Gasteiger partial charge on any atom is 0.338 e. The number of carbonyl (C=O) groups excluding carboxylic acids is 2. The third-order valence-corrected chi connectivity index (χ3v) is 4.39. The lowest BCUT2D eigenvalue weighted by atomic mass is 10.1. The Balaban J connectivity index is 2.11. The van der Waals surface area contributed by atoms with Crippen LogP contribution in [0.1, 0.15) is 16.8 Å². The Kier molecular flexibility index (Phi) is 5.94. The van der Waals surface area contributed by atoms with Crippen LogP contribution in [0.25, 0.3) is 0 Å². The molecule has 0 aromatic heterocycles. The number of nitro benzene ring substituents is 1. The van der Waals surface area contributed by atoms with Gasteiger partial charge in [0, 0.05) is 48.3 Å². The summed E-state index contributed by atoms with van der Waals surface area (Å²) in [6, 6.07) is 3.76. The molecule has 1 heterocycles. The van der Waals surface area contributed by atoms with Gasteiger partial charge in [-0.1, -0.05) is 0 Å². The van der Waals surface area contributed by atoms with Crippen molar-refractivity contribution in [2.24, 2.45) is 0 Å². The first kappa shape index (κ1) is 17.2. The molecule has 1 unspecified atom stereocenters. The number of hydrogen-bond acceptors (Lipinski definition) is 7. The average Bonchev–Trinajstić information content (AvgIpc) is 2.54. The number of carbonyl (C=O) groups is 2. The van der Waals surface area contributed by atoms with Crippen molar-refractivity contribution in [2.45, 2.75) is 12.5 Å². The van der Waals surface area contributed by atoms with Crippen molar-refractivity contribution in [1.29, 1.82) is 0 Å². The zero-order valence-corrected chi connectivity index (χ0v) is 13.4. The second-order valence-electron chi connectivity index (χ2n) is 5.00. The molecule has 1 saturated heterocycles. The molecule has 2 N–H and O–H groups in total. The predicted molar refractivity (Wildman–Crippen MR) is 86.8 cm³/mol. The van der Waals surface area contributed by atoms with Crippen LogP contribution in [0.2, 0.25) is 0 Å². The fraction of sp³-hybridized carbons (Fsp3) is 0.429. The molecule has 1 aromatic carbocycles. The zero-order chi connectivity index (χ0) is 16.8. The van der Waals surface area contributed by atoms with Crippen molar-refractivity contribution < 1.29 is 19.2 Å². The first-order valence-electron chi connectivity index (χ1n) is 6.98. The van der Waals surface area contributed by atoms with Gasteiger partial charge in [0.05, 0.1) is 17.6 Å². The smallest absolute Gasteiger partial charge is 0.338 e. The predicted octanol–water partition coefficient (Wildman–Crippen LogP) is 1.41. The number of amides is 1. The lowest BCUT2D eigenvalue weighted by Gasteiger charge is -2.22. The van der Waals surface area contributed by atoms with Gasteiger partial charge in [-0.3, -0.25) is 14.9 Å². The van der Waals surface area contributed by atoms with E-state index < -0.39 is 10.9 Å². The highest BCUT2D eigenvalue weighted by Crippen LogP contribution is 2.22. The van der Waals surface area contributed by atoms with Crippen LogP contribution in [0.15, 0.2) is 18.2 Å². The molecule has 0 aliphatic carbocycles. The summed E-state index contributed by atoms with van der Waals surface area (Å²) in [4.78, 5) is 34.0. The van der Waals surface area contributed by atoms with E-state index in [1.54, 1.807) is 11.8 Å². The van der Waals surface area contributed by atoms with E-state index in [-0.39, 0.29) is 35.3 Å². The van der Waals surface area contributed by atoms with E-state index in [1.807, 2.05) is 0 Å². The minimum Gasteiger partial charge on any atom is -0.465 e. The number of benzene rings is 1. The third-order valence-electron chi connectivity index (χ3n) is 3.26. The maximum atomic E-state index is 12.1. The number of ether oxygens (including phenoxy) is 1. The van der Waals surface area contributed by atoms with Crippen molar-refractivity contribution in [1.82, 2.24) is 5.32 Å². The Morgan fingerprint density at radius 1 is 1.48 bits per heavy atom. The highest BCUT2D eigenvalue weighted by Gasteiger charge is 2.19. The van der Waals surface area contributed by atoms with Crippen molar-refractivity contribution >= 4 is 35.0 Å². The molecule has 1 aliphatic heterocycles. The molecule has 8 nitrogen and oxygen atoms in total. The summed E-state index contributed by atoms with van der Waals surface area (Å²) in [6.45, 7) is 0.853. The molecule has 0 saturated carbocycles. The van der Waals surface area contributed by atoms with Crippen LogP contribution in [0.5, 0.6) is 0 Å². The number of thioether (sulfide) groups is 1. The number of hydrogen-bond donors (Lipinski definition) is 2. The molecule has 1 aromatic rings. The highest BCUT2D eigenvalue weighted by molar-refractivity contribution is 7.99. The third kappa shape index (κ3) is 4.93. The lowest BCUT2D eigenvalue weighted by molar-refractivity contribution is -0.384. The van der Waals surface area contributed by atoms with Gasteiger partial charge in [0.1, 0.15) is 0 Å². The van der Waals surface area contributed by atoms with Crippen LogP contribution in [-0.4, -0.2) is 48.0 Å². The monoisotopic (exact) mass is 339 g/mol. The summed E-state index contributed by atoms with van der Waals surface area (Å²) < 4.78 is 4.57. The zero-order valence-electron chi connectivity index (χ0n) is 12.5. The fourth-order valence-corrected chi connectivity index (χ4v) is 3.16. The molecule has 1 aliphatic rings. The Morgan fingerprint density at radius 3 is 2.87 bits per heavy atom. The number of non-ortho nitro benzene ring substituents is 1. The Bertz CT molecular complexity index is 616. The van der Waals surface area contributed by atoms with Gasteiger partial charge < -0.3 is 15.4 Å². The van der Waals surface area contributed by atoms with Crippen LogP contribution < -0.4 is 10.6 Å². The van der Waals surface area contributed by atoms with Crippen LogP contribution in [-0.2, 0) is 9.53 Å². The van der Waals surface area contributed by atoms with Crippen molar-refractivity contribution in [2.75, 3.05) is 30.5 Å². The Morgan fingerprint density at radius 2 is 2.26 bits per heavy atom. The van der Waals surface area contributed by atoms with Gasteiger partial charge in [-0.2, -0.15) is 11.8 Å². The topological polar surface area (TPSA) is 111 Å². The number of nitro groups is 1. The molecule has 0 bridgehead atoms. The first-order chi connectivity index (χ1) is 11.0. The van der Waals surface area contributed by atoms with Gasteiger partial charge in [0.2, 0.25) is 5.91 Å². The summed E-state index contributed by atoms with van der Waals surface area (Å²) in [6.07, 6.45) is 0.267. The molecule has 1 amide bonds. The van der Waals surface area contributed by atoms with Crippen LogP contribution >= 0.6 is 11.8 Å². The Labute approximate surface area is 137 Å². The van der Waals surface area contributed by atoms with Crippen LogP contribution in [0.4, 0.5) is 11.4 Å². The van der Waals surface area contributed by atoms with Crippen LogP contribution in [0.3, 0.4) is 0 Å². The van der Waals surface area contributed by atoms with E-state index in [1.165, 1.54) is 19.2 Å². The second kappa shape index (κ2) is 7.93. The van der Waals surface area contributed by atoms with Gasteiger partial charge in [-0.25, -0.2) is 4.79 Å². The van der Waals surface area contributed by atoms with Gasteiger partial charge >= 0.3 is 5.97 Å². The second-order valence-corrected chi connectivity index (χ2v) is 6.15. The molecule has 0 radical (unpaired) electrons. The van der Waals surface area contributed by atoms with Crippen molar-refractivity contribution in [3.63, 3.8) is 0 Å².